The summed E-state index contributed by atoms with van der Waals surface area (Å²) in [5, 5.41) is 13.5. The number of hydrogen-bond acceptors (Lipinski definition) is 6. The molecule has 3 aromatic rings. The number of ketones is 1. The molecule has 0 spiro atoms. The number of anilines is 1. The molecule has 1 atom stereocenters. The van der Waals surface area contributed by atoms with Crippen molar-refractivity contribution in [1.29, 1.82) is 0 Å². The maximum atomic E-state index is 13.3. The summed E-state index contributed by atoms with van der Waals surface area (Å²) in [6.45, 7) is 4.17. The Morgan fingerprint density at radius 3 is 2.29 bits per heavy atom. The molecule has 6 nitrogen and oxygen atoms in total. The highest BCUT2D eigenvalue weighted by atomic mass is 35.5. The van der Waals surface area contributed by atoms with Crippen LogP contribution in [0.4, 0.5) is 5.69 Å². The average Bonchev–Trinajstić information content (AvgIpc) is 3.45. The van der Waals surface area contributed by atoms with Crippen LogP contribution in [0, 0.1) is 0 Å². The highest BCUT2D eigenvalue weighted by molar-refractivity contribution is 7.10. The fourth-order valence-corrected chi connectivity index (χ4v) is 5.08. The summed E-state index contributed by atoms with van der Waals surface area (Å²) in [7, 11) is 2.88. The molecule has 0 bridgehead atoms. The molecule has 1 unspecified atom stereocenters. The molecule has 1 amide bonds. The van der Waals surface area contributed by atoms with Crippen LogP contribution in [0.2, 0.25) is 5.02 Å². The lowest BCUT2D eigenvalue weighted by molar-refractivity contribution is -0.132. The highest BCUT2D eigenvalue weighted by Crippen LogP contribution is 2.45. The molecule has 0 aliphatic carbocycles. The quantitative estimate of drug-likeness (QED) is 0.250. The number of carbonyl (C=O) groups excluding carboxylic acids is 2. The predicted octanol–water partition coefficient (Wildman–Crippen LogP) is 6.17. The van der Waals surface area contributed by atoms with Crippen molar-refractivity contribution < 1.29 is 24.2 Å². The number of nitrogens with zero attached hydrogens (tertiary/aromatic N) is 1. The van der Waals surface area contributed by atoms with E-state index < -0.39 is 17.7 Å². The van der Waals surface area contributed by atoms with E-state index >= 15 is 0 Å². The standard InChI is InChI=1S/C26H24ClNO5S/c1-14(2)15-7-9-16(10-8-15)28-23(21-6-5-11-34-21)22(25(30)26(28)31)24(29)17-12-20(33-4)18(27)13-19(17)32-3/h5-14,23,29H,1-4H3/b24-22+. The number of thiophene rings is 1. The van der Waals surface area contributed by atoms with Gasteiger partial charge < -0.3 is 14.6 Å². The molecule has 1 aliphatic heterocycles. The highest BCUT2D eigenvalue weighted by Gasteiger charge is 2.47. The summed E-state index contributed by atoms with van der Waals surface area (Å²) in [6, 6.07) is 13.4. The molecule has 8 heteroatoms. The fourth-order valence-electron chi connectivity index (χ4n) is 4.03. The first-order chi connectivity index (χ1) is 16.3. The van der Waals surface area contributed by atoms with Gasteiger partial charge in [0.05, 0.1) is 30.4 Å². The van der Waals surface area contributed by atoms with Crippen molar-refractivity contribution in [1.82, 2.24) is 0 Å². The Hall–Kier alpha value is -3.29. The minimum atomic E-state index is -0.795. The number of Topliss-reactive ketones (excluding diaryl/α,β-unsaturated/α-hetero) is 1. The van der Waals surface area contributed by atoms with Gasteiger partial charge in [0, 0.05) is 16.6 Å². The lowest BCUT2D eigenvalue weighted by Crippen LogP contribution is -2.29. The van der Waals surface area contributed by atoms with Gasteiger partial charge in [-0.15, -0.1) is 11.3 Å². The Balaban J connectivity index is 1.93. The maximum Gasteiger partial charge on any atom is 0.300 e. The number of rotatable bonds is 6. The van der Waals surface area contributed by atoms with Crippen LogP contribution in [-0.2, 0) is 9.59 Å². The van der Waals surface area contributed by atoms with Crippen LogP contribution < -0.4 is 14.4 Å². The van der Waals surface area contributed by atoms with Gasteiger partial charge in [-0.2, -0.15) is 0 Å². The monoisotopic (exact) mass is 497 g/mol. The number of hydrogen-bond donors (Lipinski definition) is 1. The molecule has 4 rings (SSSR count). The van der Waals surface area contributed by atoms with Crippen molar-refractivity contribution in [2.24, 2.45) is 0 Å². The SMILES string of the molecule is COc1cc(/C(O)=C2\C(=O)C(=O)N(c3ccc(C(C)C)cc3)C2c2cccs2)c(OC)cc1Cl. The van der Waals surface area contributed by atoms with Crippen LogP contribution in [0.1, 0.15) is 41.8 Å². The molecule has 2 heterocycles. The number of aliphatic hydroxyl groups excluding tert-OH is 1. The first kappa shape index (κ1) is 23.9. The average molecular weight is 498 g/mol. The smallest absolute Gasteiger partial charge is 0.300 e. The van der Waals surface area contributed by atoms with Gasteiger partial charge in [-0.25, -0.2) is 0 Å². The van der Waals surface area contributed by atoms with Gasteiger partial charge in [0.25, 0.3) is 11.7 Å². The third-order valence-electron chi connectivity index (χ3n) is 5.82. The lowest BCUT2D eigenvalue weighted by atomic mass is 9.98. The van der Waals surface area contributed by atoms with E-state index in [1.54, 1.807) is 0 Å². The van der Waals surface area contributed by atoms with Gasteiger partial charge in [-0.05, 0) is 41.1 Å². The molecule has 2 aromatic carbocycles. The molecule has 34 heavy (non-hydrogen) atoms. The number of carbonyl (C=O) groups is 2. The molecule has 176 valence electrons. The van der Waals surface area contributed by atoms with Gasteiger partial charge in [-0.1, -0.05) is 43.6 Å². The number of amides is 1. The number of ether oxygens (including phenoxy) is 2. The lowest BCUT2D eigenvalue weighted by Gasteiger charge is -2.24. The van der Waals surface area contributed by atoms with E-state index in [4.69, 9.17) is 21.1 Å². The number of aliphatic hydroxyl groups is 1. The largest absolute Gasteiger partial charge is 0.507 e. The molecule has 0 radical (unpaired) electrons. The Labute approximate surface area is 207 Å². The van der Waals surface area contributed by atoms with Gasteiger partial charge >= 0.3 is 0 Å². The molecule has 1 saturated heterocycles. The van der Waals surface area contributed by atoms with E-state index in [1.807, 2.05) is 41.8 Å². The Morgan fingerprint density at radius 1 is 1.06 bits per heavy atom. The van der Waals surface area contributed by atoms with Crippen molar-refractivity contribution in [3.8, 4) is 11.5 Å². The summed E-state index contributed by atoms with van der Waals surface area (Å²) in [6.07, 6.45) is 0. The molecule has 1 N–H and O–H groups in total. The summed E-state index contributed by atoms with van der Waals surface area (Å²) in [5.74, 6) is -0.970. The van der Waals surface area contributed by atoms with Gasteiger partial charge in [0.2, 0.25) is 0 Å². The van der Waals surface area contributed by atoms with Crippen LogP contribution in [0.15, 0.2) is 59.5 Å². The summed E-state index contributed by atoms with van der Waals surface area (Å²) in [4.78, 5) is 28.7. The van der Waals surface area contributed by atoms with Gasteiger partial charge in [0.15, 0.2) is 0 Å². The second-order valence-electron chi connectivity index (χ2n) is 8.12. The van der Waals surface area contributed by atoms with Gasteiger partial charge in [0.1, 0.15) is 23.3 Å². The van der Waals surface area contributed by atoms with Crippen molar-refractivity contribution in [3.05, 3.63) is 80.5 Å². The zero-order chi connectivity index (χ0) is 24.6. The number of halogens is 1. The van der Waals surface area contributed by atoms with Crippen LogP contribution in [0.3, 0.4) is 0 Å². The van der Waals surface area contributed by atoms with Crippen LogP contribution in [0.5, 0.6) is 11.5 Å². The fraction of sp³-hybridized carbons (Fsp3) is 0.231. The second kappa shape index (κ2) is 9.52. The first-order valence-electron chi connectivity index (χ1n) is 10.6. The van der Waals surface area contributed by atoms with E-state index in [9.17, 15) is 14.7 Å². The molecular weight excluding hydrogens is 474 g/mol. The molecule has 1 aromatic heterocycles. The third kappa shape index (κ3) is 4.06. The third-order valence-corrected chi connectivity index (χ3v) is 7.04. The van der Waals surface area contributed by atoms with Crippen molar-refractivity contribution in [3.63, 3.8) is 0 Å². The van der Waals surface area contributed by atoms with E-state index in [-0.39, 0.29) is 27.7 Å². The van der Waals surface area contributed by atoms with E-state index in [2.05, 4.69) is 13.8 Å². The van der Waals surface area contributed by atoms with E-state index in [0.717, 1.165) is 10.4 Å². The molecular formula is C26H24ClNO5S. The first-order valence-corrected chi connectivity index (χ1v) is 11.9. The molecule has 1 aliphatic rings. The summed E-state index contributed by atoms with van der Waals surface area (Å²) >= 11 is 7.61. The van der Waals surface area contributed by atoms with Crippen LogP contribution >= 0.6 is 22.9 Å². The Kier molecular flexibility index (Phi) is 6.68. The Bertz CT molecular complexity index is 1270. The van der Waals surface area contributed by atoms with Crippen LogP contribution in [-0.4, -0.2) is 31.0 Å². The summed E-state index contributed by atoms with van der Waals surface area (Å²) in [5.41, 5.74) is 1.87. The van der Waals surface area contributed by atoms with Crippen molar-refractivity contribution in [2.75, 3.05) is 19.1 Å². The Morgan fingerprint density at radius 2 is 1.74 bits per heavy atom. The molecule has 0 saturated carbocycles. The van der Waals surface area contributed by atoms with E-state index in [1.165, 1.54) is 42.6 Å². The second-order valence-corrected chi connectivity index (χ2v) is 9.50. The number of benzene rings is 2. The zero-order valence-electron chi connectivity index (χ0n) is 19.2. The topological polar surface area (TPSA) is 76.1 Å². The maximum absolute atomic E-state index is 13.3. The number of methoxy groups -OCH3 is 2. The summed E-state index contributed by atoms with van der Waals surface area (Å²) < 4.78 is 10.7. The minimum Gasteiger partial charge on any atom is -0.507 e. The van der Waals surface area contributed by atoms with Gasteiger partial charge in [-0.3, -0.25) is 14.5 Å². The zero-order valence-corrected chi connectivity index (χ0v) is 20.7. The van der Waals surface area contributed by atoms with E-state index in [0.29, 0.717) is 17.4 Å². The normalized spacial score (nSPS) is 17.5. The minimum absolute atomic E-state index is 0.0249. The molecule has 1 fully saturated rings. The predicted molar refractivity (Wildman–Crippen MR) is 134 cm³/mol. The van der Waals surface area contributed by atoms with Crippen LogP contribution in [0.25, 0.3) is 5.76 Å². The van der Waals surface area contributed by atoms with Crippen molar-refractivity contribution >= 4 is 46.1 Å². The van der Waals surface area contributed by atoms with Crippen molar-refractivity contribution in [2.45, 2.75) is 25.8 Å².